The van der Waals surface area contributed by atoms with Crippen LogP contribution in [-0.2, 0) is 6.18 Å². The van der Waals surface area contributed by atoms with E-state index in [2.05, 4.69) is 4.98 Å². The van der Waals surface area contributed by atoms with Crippen LogP contribution >= 0.6 is 0 Å². The van der Waals surface area contributed by atoms with Crippen LogP contribution in [-0.4, -0.2) is 9.55 Å². The first kappa shape index (κ1) is 13.6. The zero-order valence-electron chi connectivity index (χ0n) is 10.9. The molecule has 0 unspecified atom stereocenters. The second-order valence-corrected chi connectivity index (χ2v) is 4.66. The Kier molecular flexibility index (Phi) is 2.97. The SMILES string of the molecule is Cc1cccc(F)c1-n1c(C(F)(F)F)nc2ccccc21. The summed E-state index contributed by atoms with van der Waals surface area (Å²) in [6.07, 6.45) is -4.67. The molecule has 3 rings (SSSR count). The summed E-state index contributed by atoms with van der Waals surface area (Å²) < 4.78 is 54.6. The fourth-order valence-electron chi connectivity index (χ4n) is 2.35. The van der Waals surface area contributed by atoms with Crippen molar-refractivity contribution in [3.05, 3.63) is 59.7 Å². The van der Waals surface area contributed by atoms with Crippen molar-refractivity contribution in [3.8, 4) is 5.69 Å². The fourth-order valence-corrected chi connectivity index (χ4v) is 2.35. The summed E-state index contributed by atoms with van der Waals surface area (Å²) in [4.78, 5) is 3.61. The van der Waals surface area contributed by atoms with E-state index in [1.54, 1.807) is 25.1 Å². The molecule has 0 amide bonds. The lowest BCUT2D eigenvalue weighted by Gasteiger charge is -2.14. The van der Waals surface area contributed by atoms with Gasteiger partial charge in [-0.3, -0.25) is 4.57 Å². The number of rotatable bonds is 1. The van der Waals surface area contributed by atoms with Crippen molar-refractivity contribution in [2.45, 2.75) is 13.1 Å². The molecule has 108 valence electrons. The first-order valence-electron chi connectivity index (χ1n) is 6.20. The van der Waals surface area contributed by atoms with Crippen molar-refractivity contribution < 1.29 is 17.6 Å². The Bertz CT molecular complexity index is 798. The van der Waals surface area contributed by atoms with Gasteiger partial charge in [-0.05, 0) is 30.7 Å². The monoisotopic (exact) mass is 294 g/mol. The molecule has 0 fully saturated rings. The van der Waals surface area contributed by atoms with Crippen LogP contribution < -0.4 is 0 Å². The molecule has 0 bridgehead atoms. The predicted molar refractivity (Wildman–Crippen MR) is 70.8 cm³/mol. The van der Waals surface area contributed by atoms with Crippen molar-refractivity contribution in [2.24, 2.45) is 0 Å². The molecule has 0 radical (unpaired) electrons. The Morgan fingerprint density at radius 3 is 2.38 bits per heavy atom. The van der Waals surface area contributed by atoms with Gasteiger partial charge in [0.15, 0.2) is 0 Å². The van der Waals surface area contributed by atoms with E-state index in [1.165, 1.54) is 18.2 Å². The van der Waals surface area contributed by atoms with Gasteiger partial charge in [0.05, 0.1) is 16.7 Å². The van der Waals surface area contributed by atoms with Crippen LogP contribution in [0.1, 0.15) is 11.4 Å². The van der Waals surface area contributed by atoms with Gasteiger partial charge < -0.3 is 0 Å². The molecule has 2 nitrogen and oxygen atoms in total. The molecule has 0 aliphatic heterocycles. The van der Waals surface area contributed by atoms with Crippen molar-refractivity contribution >= 4 is 11.0 Å². The molecular formula is C15H10F4N2. The van der Waals surface area contributed by atoms with Gasteiger partial charge in [-0.15, -0.1) is 0 Å². The minimum Gasteiger partial charge on any atom is -0.285 e. The summed E-state index contributed by atoms with van der Waals surface area (Å²) in [5, 5.41) is 0. The van der Waals surface area contributed by atoms with Crippen LogP contribution in [0.4, 0.5) is 17.6 Å². The maximum atomic E-state index is 14.1. The number of fused-ring (bicyclic) bond motifs is 1. The number of hydrogen-bond donors (Lipinski definition) is 0. The first-order chi connectivity index (χ1) is 9.89. The molecule has 0 atom stereocenters. The highest BCUT2D eigenvalue weighted by molar-refractivity contribution is 5.78. The van der Waals surface area contributed by atoms with E-state index < -0.39 is 17.8 Å². The van der Waals surface area contributed by atoms with Crippen molar-refractivity contribution in [3.63, 3.8) is 0 Å². The zero-order valence-corrected chi connectivity index (χ0v) is 10.9. The summed E-state index contributed by atoms with van der Waals surface area (Å²) in [6.45, 7) is 1.56. The quantitative estimate of drug-likeness (QED) is 0.605. The first-order valence-corrected chi connectivity index (χ1v) is 6.20. The van der Waals surface area contributed by atoms with Gasteiger partial charge in [-0.2, -0.15) is 13.2 Å². The highest BCUT2D eigenvalue weighted by atomic mass is 19.4. The van der Waals surface area contributed by atoms with Crippen LogP contribution in [0.5, 0.6) is 0 Å². The minimum absolute atomic E-state index is 0.126. The number of para-hydroxylation sites is 3. The molecule has 0 saturated carbocycles. The van der Waals surface area contributed by atoms with Gasteiger partial charge in [0.25, 0.3) is 0 Å². The molecule has 21 heavy (non-hydrogen) atoms. The molecule has 0 aliphatic carbocycles. The van der Waals surface area contributed by atoms with Gasteiger partial charge in [0.1, 0.15) is 5.82 Å². The average molecular weight is 294 g/mol. The van der Waals surface area contributed by atoms with E-state index in [0.717, 1.165) is 10.6 Å². The summed E-state index contributed by atoms with van der Waals surface area (Å²) >= 11 is 0. The lowest BCUT2D eigenvalue weighted by Crippen LogP contribution is -2.15. The van der Waals surface area contributed by atoms with Crippen LogP contribution in [0, 0.1) is 12.7 Å². The Labute approximate surface area is 117 Å². The summed E-state index contributed by atoms with van der Waals surface area (Å²) in [7, 11) is 0. The molecule has 2 aromatic carbocycles. The summed E-state index contributed by atoms with van der Waals surface area (Å²) in [6, 6.07) is 10.3. The third-order valence-electron chi connectivity index (χ3n) is 3.23. The number of benzene rings is 2. The lowest BCUT2D eigenvalue weighted by molar-refractivity contribution is -0.145. The second-order valence-electron chi connectivity index (χ2n) is 4.66. The fraction of sp³-hybridized carbons (Fsp3) is 0.133. The predicted octanol–water partition coefficient (Wildman–Crippen LogP) is 4.49. The largest absolute Gasteiger partial charge is 0.450 e. The van der Waals surface area contributed by atoms with E-state index in [4.69, 9.17) is 0 Å². The minimum atomic E-state index is -4.67. The number of hydrogen-bond acceptors (Lipinski definition) is 1. The number of nitrogens with zero attached hydrogens (tertiary/aromatic N) is 2. The summed E-state index contributed by atoms with van der Waals surface area (Å²) in [5.41, 5.74) is 0.674. The normalized spacial score (nSPS) is 12.0. The molecule has 0 saturated heterocycles. The van der Waals surface area contributed by atoms with Gasteiger partial charge in [0, 0.05) is 0 Å². The Morgan fingerprint density at radius 2 is 1.71 bits per heavy atom. The van der Waals surface area contributed by atoms with E-state index in [1.807, 2.05) is 0 Å². The van der Waals surface area contributed by atoms with Crippen molar-refractivity contribution in [1.29, 1.82) is 0 Å². The van der Waals surface area contributed by atoms with Crippen LogP contribution in [0.2, 0.25) is 0 Å². The lowest BCUT2D eigenvalue weighted by atomic mass is 10.2. The molecule has 3 aromatic rings. The molecule has 0 aliphatic rings. The third kappa shape index (κ3) is 2.16. The highest BCUT2D eigenvalue weighted by Gasteiger charge is 2.38. The van der Waals surface area contributed by atoms with E-state index >= 15 is 0 Å². The second kappa shape index (κ2) is 4.58. The van der Waals surface area contributed by atoms with Gasteiger partial charge >= 0.3 is 6.18 Å². The number of aryl methyl sites for hydroxylation is 1. The highest BCUT2D eigenvalue weighted by Crippen LogP contribution is 2.35. The average Bonchev–Trinajstić information content (AvgIpc) is 2.78. The zero-order chi connectivity index (χ0) is 15.2. The number of imidazole rings is 1. The van der Waals surface area contributed by atoms with E-state index in [9.17, 15) is 17.6 Å². The maximum Gasteiger partial charge on any atom is 0.450 e. The standard InChI is InChI=1S/C15H10F4N2/c1-9-5-4-6-10(16)13(9)21-12-8-3-2-7-11(12)20-14(21)15(17,18)19/h2-8H,1H3. The molecule has 1 aromatic heterocycles. The van der Waals surface area contributed by atoms with Gasteiger partial charge in [-0.1, -0.05) is 24.3 Å². The van der Waals surface area contributed by atoms with Crippen LogP contribution in [0.25, 0.3) is 16.7 Å². The number of alkyl halides is 3. The summed E-state index contributed by atoms with van der Waals surface area (Å²) in [5.74, 6) is -1.85. The smallest absolute Gasteiger partial charge is 0.285 e. The molecule has 0 spiro atoms. The van der Waals surface area contributed by atoms with E-state index in [-0.39, 0.29) is 16.7 Å². The molecule has 1 heterocycles. The topological polar surface area (TPSA) is 17.8 Å². The Morgan fingerprint density at radius 1 is 1.00 bits per heavy atom. The molecular weight excluding hydrogens is 284 g/mol. The van der Waals surface area contributed by atoms with Gasteiger partial charge in [0.2, 0.25) is 5.82 Å². The Hall–Kier alpha value is -2.37. The third-order valence-corrected chi connectivity index (χ3v) is 3.23. The number of halogens is 4. The van der Waals surface area contributed by atoms with Crippen molar-refractivity contribution in [2.75, 3.05) is 0 Å². The van der Waals surface area contributed by atoms with Crippen LogP contribution in [0.3, 0.4) is 0 Å². The van der Waals surface area contributed by atoms with Crippen molar-refractivity contribution in [1.82, 2.24) is 9.55 Å². The van der Waals surface area contributed by atoms with Gasteiger partial charge in [-0.25, -0.2) is 9.37 Å². The molecule has 6 heteroatoms. The van der Waals surface area contributed by atoms with E-state index in [0.29, 0.717) is 5.56 Å². The maximum absolute atomic E-state index is 14.1. The number of aromatic nitrogens is 2. The van der Waals surface area contributed by atoms with Crippen LogP contribution in [0.15, 0.2) is 42.5 Å². The molecule has 0 N–H and O–H groups in total. The Balaban J connectivity index is 2.46.